The van der Waals surface area contributed by atoms with Gasteiger partial charge in [-0.1, -0.05) is 30.3 Å². The van der Waals surface area contributed by atoms with Crippen molar-refractivity contribution in [3.8, 4) is 16.9 Å². The first-order chi connectivity index (χ1) is 14.4. The number of nitrogens with one attached hydrogen (secondary N) is 1. The minimum Gasteiger partial charge on any atom is -0.486 e. The van der Waals surface area contributed by atoms with E-state index in [4.69, 9.17) is 9.47 Å². The predicted molar refractivity (Wildman–Crippen MR) is 116 cm³/mol. The molecule has 5 rings (SSSR count). The Bertz CT molecular complexity index is 954. The first-order valence-corrected chi connectivity index (χ1v) is 10.3. The molecule has 3 heterocycles. The van der Waals surface area contributed by atoms with E-state index in [-0.39, 0.29) is 6.10 Å². The second-order valence-corrected chi connectivity index (χ2v) is 7.44. The van der Waals surface area contributed by atoms with E-state index in [1.165, 1.54) is 11.3 Å². The Kier molecular flexibility index (Phi) is 5.05. The van der Waals surface area contributed by atoms with Crippen LogP contribution in [0.15, 0.2) is 66.9 Å². The molecule has 2 aliphatic heterocycles. The highest BCUT2D eigenvalue weighted by molar-refractivity contribution is 5.69. The monoisotopic (exact) mass is 387 g/mol. The van der Waals surface area contributed by atoms with Gasteiger partial charge in [-0.25, -0.2) is 4.98 Å². The van der Waals surface area contributed by atoms with Crippen LogP contribution in [0.25, 0.3) is 11.1 Å². The Labute approximate surface area is 171 Å². The van der Waals surface area contributed by atoms with Crippen molar-refractivity contribution in [3.05, 3.63) is 72.4 Å². The van der Waals surface area contributed by atoms with Crippen molar-refractivity contribution < 1.29 is 9.47 Å². The molecule has 3 aromatic rings. The van der Waals surface area contributed by atoms with Crippen LogP contribution < -0.4 is 15.0 Å². The van der Waals surface area contributed by atoms with Gasteiger partial charge in [-0.2, -0.15) is 0 Å². The van der Waals surface area contributed by atoms with Crippen molar-refractivity contribution >= 4 is 11.5 Å². The molecule has 0 spiro atoms. The number of benzene rings is 2. The minimum absolute atomic E-state index is 0.00808. The quantitative estimate of drug-likeness (QED) is 0.713. The van der Waals surface area contributed by atoms with Gasteiger partial charge in [-0.15, -0.1) is 0 Å². The lowest BCUT2D eigenvalue weighted by Crippen LogP contribution is -2.36. The summed E-state index contributed by atoms with van der Waals surface area (Å²) in [5.41, 5.74) is 4.65. The number of ether oxygens (including phenoxy) is 2. The summed E-state index contributed by atoms with van der Waals surface area (Å²) in [7, 11) is 0. The Hall–Kier alpha value is -3.05. The topological polar surface area (TPSA) is 46.6 Å². The summed E-state index contributed by atoms with van der Waals surface area (Å²) in [6.07, 6.45) is 2.87. The van der Waals surface area contributed by atoms with Gasteiger partial charge >= 0.3 is 0 Å². The molecule has 0 bridgehead atoms. The molecule has 0 saturated carbocycles. The molecule has 1 fully saturated rings. The van der Waals surface area contributed by atoms with Gasteiger partial charge in [-0.3, -0.25) is 0 Å². The molecule has 1 aromatic heterocycles. The van der Waals surface area contributed by atoms with Crippen LogP contribution in [0.2, 0.25) is 0 Å². The molecule has 1 atom stereocenters. The first-order valence-electron chi connectivity index (χ1n) is 10.3. The number of hydrogen-bond donors (Lipinski definition) is 1. The molecule has 0 amide bonds. The largest absolute Gasteiger partial charge is 0.486 e. The average molecular weight is 387 g/mol. The van der Waals surface area contributed by atoms with Gasteiger partial charge in [0, 0.05) is 49.1 Å². The maximum absolute atomic E-state index is 6.27. The summed E-state index contributed by atoms with van der Waals surface area (Å²) in [5.74, 6) is 1.82. The Morgan fingerprint density at radius 2 is 1.76 bits per heavy atom. The highest BCUT2D eigenvalue weighted by atomic mass is 16.5. The lowest BCUT2D eigenvalue weighted by atomic mass is 9.98. The van der Waals surface area contributed by atoms with Crippen LogP contribution in [0.3, 0.4) is 0 Å². The SMILES string of the molecule is c1ccc(OC2CCNc3ncc(-c4ccc(N5CCOCC5)cc4)cc32)cc1. The van der Waals surface area contributed by atoms with Crippen LogP contribution in [0.4, 0.5) is 11.5 Å². The van der Waals surface area contributed by atoms with E-state index in [1.807, 2.05) is 36.5 Å². The molecule has 5 heteroatoms. The maximum Gasteiger partial charge on any atom is 0.132 e. The molecule has 29 heavy (non-hydrogen) atoms. The van der Waals surface area contributed by atoms with Crippen molar-refractivity contribution in [1.82, 2.24) is 4.98 Å². The summed E-state index contributed by atoms with van der Waals surface area (Å²) < 4.78 is 11.7. The zero-order chi connectivity index (χ0) is 19.5. The van der Waals surface area contributed by atoms with Crippen LogP contribution in [-0.4, -0.2) is 37.8 Å². The first kappa shape index (κ1) is 18.0. The van der Waals surface area contributed by atoms with Gasteiger partial charge in [0.15, 0.2) is 0 Å². The number of hydrogen-bond acceptors (Lipinski definition) is 5. The molecule has 148 valence electrons. The third-order valence-corrected chi connectivity index (χ3v) is 5.56. The highest BCUT2D eigenvalue weighted by Crippen LogP contribution is 2.35. The third-order valence-electron chi connectivity index (χ3n) is 5.56. The van der Waals surface area contributed by atoms with Gasteiger partial charge in [-0.05, 0) is 35.9 Å². The van der Waals surface area contributed by atoms with Crippen LogP contribution in [-0.2, 0) is 4.74 Å². The second kappa shape index (κ2) is 8.13. The summed E-state index contributed by atoms with van der Waals surface area (Å²) >= 11 is 0. The number of pyridine rings is 1. The molecular weight excluding hydrogens is 362 g/mol. The molecule has 2 aromatic carbocycles. The third kappa shape index (κ3) is 3.91. The number of rotatable bonds is 4. The fourth-order valence-electron chi connectivity index (χ4n) is 3.98. The van der Waals surface area contributed by atoms with E-state index < -0.39 is 0 Å². The molecule has 0 aliphatic carbocycles. The highest BCUT2D eigenvalue weighted by Gasteiger charge is 2.23. The van der Waals surface area contributed by atoms with Crippen LogP contribution >= 0.6 is 0 Å². The molecule has 0 radical (unpaired) electrons. The van der Waals surface area contributed by atoms with Crippen LogP contribution in [0.1, 0.15) is 18.1 Å². The number of morpholine rings is 1. The van der Waals surface area contributed by atoms with E-state index in [1.54, 1.807) is 0 Å². The Balaban J connectivity index is 1.39. The summed E-state index contributed by atoms with van der Waals surface area (Å²) in [5, 5.41) is 3.40. The maximum atomic E-state index is 6.27. The zero-order valence-corrected chi connectivity index (χ0v) is 16.4. The lowest BCUT2D eigenvalue weighted by Gasteiger charge is -2.29. The second-order valence-electron chi connectivity index (χ2n) is 7.44. The van der Waals surface area contributed by atoms with E-state index in [0.29, 0.717) is 0 Å². The van der Waals surface area contributed by atoms with E-state index in [2.05, 4.69) is 45.5 Å². The van der Waals surface area contributed by atoms with Gasteiger partial charge < -0.3 is 19.7 Å². The van der Waals surface area contributed by atoms with E-state index in [9.17, 15) is 0 Å². The molecule has 1 N–H and O–H groups in total. The summed E-state index contributed by atoms with van der Waals surface area (Å²) in [4.78, 5) is 7.05. The lowest BCUT2D eigenvalue weighted by molar-refractivity contribution is 0.122. The minimum atomic E-state index is 0.00808. The smallest absolute Gasteiger partial charge is 0.132 e. The van der Waals surface area contributed by atoms with Crippen molar-refractivity contribution in [2.24, 2.45) is 0 Å². The fourth-order valence-corrected chi connectivity index (χ4v) is 3.98. The number of nitrogens with zero attached hydrogens (tertiary/aromatic N) is 2. The van der Waals surface area contributed by atoms with Gasteiger partial charge in [0.2, 0.25) is 0 Å². The van der Waals surface area contributed by atoms with Gasteiger partial charge in [0.05, 0.1) is 13.2 Å². The van der Waals surface area contributed by atoms with Crippen molar-refractivity contribution in [2.75, 3.05) is 43.1 Å². The van der Waals surface area contributed by atoms with Crippen molar-refractivity contribution in [2.45, 2.75) is 12.5 Å². The standard InChI is InChI=1S/C24H25N3O2/c1-2-4-21(5-3-1)29-23-10-11-25-24-22(23)16-19(17-26-24)18-6-8-20(9-7-18)27-12-14-28-15-13-27/h1-9,16-17,23H,10-15H2,(H,25,26). The van der Waals surface area contributed by atoms with E-state index >= 15 is 0 Å². The van der Waals surface area contributed by atoms with Crippen molar-refractivity contribution in [1.29, 1.82) is 0 Å². The fraction of sp³-hybridized carbons (Fsp3) is 0.292. The van der Waals surface area contributed by atoms with Gasteiger partial charge in [0.25, 0.3) is 0 Å². The van der Waals surface area contributed by atoms with Crippen LogP contribution in [0.5, 0.6) is 5.75 Å². The Morgan fingerprint density at radius 1 is 0.966 bits per heavy atom. The number of fused-ring (bicyclic) bond motifs is 1. The molecule has 5 nitrogen and oxygen atoms in total. The Morgan fingerprint density at radius 3 is 2.55 bits per heavy atom. The number of anilines is 2. The summed E-state index contributed by atoms with van der Waals surface area (Å²) in [6, 6.07) is 21.0. The van der Waals surface area contributed by atoms with Crippen LogP contribution in [0, 0.1) is 0 Å². The van der Waals surface area contributed by atoms with Crippen molar-refractivity contribution in [3.63, 3.8) is 0 Å². The summed E-state index contributed by atoms with van der Waals surface area (Å²) in [6.45, 7) is 4.36. The molecule has 1 saturated heterocycles. The zero-order valence-electron chi connectivity index (χ0n) is 16.4. The number of aromatic nitrogens is 1. The van der Waals surface area contributed by atoms with Gasteiger partial charge in [0.1, 0.15) is 17.7 Å². The molecule has 1 unspecified atom stereocenters. The normalized spacial score (nSPS) is 18.6. The molecule has 2 aliphatic rings. The molecular formula is C24H25N3O2. The predicted octanol–water partition coefficient (Wildman–Crippen LogP) is 4.52. The number of para-hydroxylation sites is 1. The average Bonchev–Trinajstić information content (AvgIpc) is 2.80. The van der Waals surface area contributed by atoms with E-state index in [0.717, 1.165) is 62.0 Å².